The van der Waals surface area contributed by atoms with Gasteiger partial charge in [-0.2, -0.15) is 0 Å². The Labute approximate surface area is 80.8 Å². The van der Waals surface area contributed by atoms with Crippen molar-refractivity contribution >= 4 is 34.9 Å². The number of halogens is 2. The predicted molar refractivity (Wildman–Crippen MR) is 48.6 cm³/mol. The number of aliphatic carboxylic acids is 1. The molecular formula is C6H11Cl2NO3. The highest BCUT2D eigenvalue weighted by molar-refractivity contribution is 6.36. The normalized spacial score (nSPS) is 7.92. The average molecular weight is 216 g/mol. The van der Waals surface area contributed by atoms with Crippen molar-refractivity contribution < 1.29 is 15.1 Å². The van der Waals surface area contributed by atoms with Crippen molar-refractivity contribution in [3.05, 3.63) is 0 Å². The monoisotopic (exact) mass is 215 g/mol. The number of hydrogen-bond acceptors (Lipinski definition) is 3. The lowest BCUT2D eigenvalue weighted by atomic mass is 10.5. The van der Waals surface area contributed by atoms with Crippen LogP contribution >= 0.6 is 23.2 Å². The lowest BCUT2D eigenvalue weighted by Gasteiger charge is -1.86. The Morgan fingerprint density at radius 1 is 1.42 bits per heavy atom. The summed E-state index contributed by atoms with van der Waals surface area (Å²) in [5.41, 5.74) is 0.392. The summed E-state index contributed by atoms with van der Waals surface area (Å²) in [5, 5.41) is 18.4. The summed E-state index contributed by atoms with van der Waals surface area (Å²) in [4.78, 5) is 9.37. The molecule has 0 bridgehead atoms. The molecule has 0 saturated carbocycles. The smallest absolute Gasteiger partial charge is 0.303 e. The molecule has 12 heavy (non-hydrogen) atoms. The third-order valence-corrected chi connectivity index (χ3v) is 1.37. The van der Waals surface area contributed by atoms with Crippen LogP contribution < -0.4 is 0 Å². The van der Waals surface area contributed by atoms with E-state index >= 15 is 0 Å². The van der Waals surface area contributed by atoms with Crippen LogP contribution in [0.5, 0.6) is 0 Å². The molecule has 0 aromatic heterocycles. The summed E-state index contributed by atoms with van der Waals surface area (Å²) < 4.78 is 0. The van der Waals surface area contributed by atoms with Crippen LogP contribution in [0.2, 0.25) is 0 Å². The van der Waals surface area contributed by atoms with Crippen LogP contribution in [0.3, 0.4) is 0 Å². The lowest BCUT2D eigenvalue weighted by molar-refractivity contribution is -0.136. The second-order valence-electron chi connectivity index (χ2n) is 1.68. The number of alkyl halides is 2. The Morgan fingerprint density at radius 3 is 1.75 bits per heavy atom. The maximum Gasteiger partial charge on any atom is 0.303 e. The first-order chi connectivity index (χ1) is 5.62. The summed E-state index contributed by atoms with van der Waals surface area (Å²) in [6, 6.07) is 0. The van der Waals surface area contributed by atoms with Gasteiger partial charge in [0.2, 0.25) is 0 Å². The number of rotatable bonds is 3. The van der Waals surface area contributed by atoms with Crippen LogP contribution in [0, 0.1) is 0 Å². The highest BCUT2D eigenvalue weighted by Gasteiger charge is 1.90. The molecule has 0 aromatic carbocycles. The van der Waals surface area contributed by atoms with Gasteiger partial charge < -0.3 is 10.3 Å². The van der Waals surface area contributed by atoms with Gasteiger partial charge in [-0.3, -0.25) is 4.79 Å². The summed E-state index contributed by atoms with van der Waals surface area (Å²) in [7, 11) is 0. The molecule has 4 nitrogen and oxygen atoms in total. The van der Waals surface area contributed by atoms with Crippen LogP contribution in [0.25, 0.3) is 0 Å². The van der Waals surface area contributed by atoms with E-state index in [2.05, 4.69) is 5.16 Å². The fraction of sp³-hybridized carbons (Fsp3) is 0.667. The molecule has 0 heterocycles. The Kier molecular flexibility index (Phi) is 12.3. The molecule has 0 saturated heterocycles. The van der Waals surface area contributed by atoms with Gasteiger partial charge >= 0.3 is 5.97 Å². The predicted octanol–water partition coefficient (Wildman–Crippen LogP) is 1.78. The quantitative estimate of drug-likeness (QED) is 0.327. The number of carboxylic acid groups (broad SMARTS) is 1. The molecule has 6 heteroatoms. The molecule has 0 radical (unpaired) electrons. The molecule has 72 valence electrons. The van der Waals surface area contributed by atoms with E-state index in [9.17, 15) is 4.79 Å². The van der Waals surface area contributed by atoms with Gasteiger partial charge in [0.15, 0.2) is 0 Å². The summed E-state index contributed by atoms with van der Waals surface area (Å²) >= 11 is 10.4. The molecule has 0 fully saturated rings. The SMILES string of the molecule is CCC(=O)O.ON=C(CCl)CCl. The molecule has 2 N–H and O–H groups in total. The van der Waals surface area contributed by atoms with Crippen molar-refractivity contribution in [3.8, 4) is 0 Å². The second kappa shape index (κ2) is 10.5. The van der Waals surface area contributed by atoms with E-state index in [0.29, 0.717) is 5.71 Å². The van der Waals surface area contributed by atoms with E-state index < -0.39 is 5.97 Å². The number of hydrogen-bond donors (Lipinski definition) is 2. The van der Waals surface area contributed by atoms with Gasteiger partial charge in [-0.15, -0.1) is 23.2 Å². The molecular weight excluding hydrogens is 205 g/mol. The Bertz CT molecular complexity index is 144. The molecule has 0 aliphatic carbocycles. The van der Waals surface area contributed by atoms with Crippen LogP contribution in [-0.4, -0.2) is 33.8 Å². The molecule has 0 aromatic rings. The van der Waals surface area contributed by atoms with Gasteiger partial charge in [0.1, 0.15) is 0 Å². The van der Waals surface area contributed by atoms with E-state index in [4.69, 9.17) is 33.5 Å². The molecule has 0 spiro atoms. The van der Waals surface area contributed by atoms with E-state index in [1.54, 1.807) is 6.92 Å². The minimum absolute atomic E-state index is 0.194. The van der Waals surface area contributed by atoms with Gasteiger partial charge in [-0.1, -0.05) is 12.1 Å². The van der Waals surface area contributed by atoms with Crippen molar-refractivity contribution in [1.82, 2.24) is 0 Å². The molecule has 0 rings (SSSR count). The van der Waals surface area contributed by atoms with Crippen LogP contribution in [0.15, 0.2) is 5.16 Å². The first kappa shape index (κ1) is 14.1. The van der Waals surface area contributed by atoms with E-state index in [1.807, 2.05) is 0 Å². The number of carboxylic acids is 1. The largest absolute Gasteiger partial charge is 0.481 e. The van der Waals surface area contributed by atoms with Crippen molar-refractivity contribution in [3.63, 3.8) is 0 Å². The van der Waals surface area contributed by atoms with Crippen LogP contribution in [-0.2, 0) is 4.79 Å². The topological polar surface area (TPSA) is 69.9 Å². The minimum atomic E-state index is -0.745. The molecule has 0 atom stereocenters. The van der Waals surface area contributed by atoms with Crippen molar-refractivity contribution in [1.29, 1.82) is 0 Å². The fourth-order valence-corrected chi connectivity index (χ4v) is 0.482. The number of carbonyl (C=O) groups is 1. The summed E-state index contributed by atoms with van der Waals surface area (Å²) in [6.07, 6.45) is 0.222. The van der Waals surface area contributed by atoms with E-state index in [1.165, 1.54) is 0 Å². The fourth-order valence-electron chi connectivity index (χ4n) is 0.0892. The average Bonchev–Trinajstić information content (AvgIpc) is 2.09. The zero-order valence-corrected chi connectivity index (χ0v) is 8.14. The standard InChI is InChI=1S/C3H5Cl2NO.C3H6O2/c4-1-3(2-5)6-7;1-2-3(4)5/h7H,1-2H2;2H2,1H3,(H,4,5). The van der Waals surface area contributed by atoms with E-state index in [0.717, 1.165) is 0 Å². The summed E-state index contributed by atoms with van der Waals surface area (Å²) in [6.45, 7) is 1.60. The van der Waals surface area contributed by atoms with Crippen molar-refractivity contribution in [2.24, 2.45) is 5.16 Å². The Balaban J connectivity index is 0. The first-order valence-electron chi connectivity index (χ1n) is 3.15. The maximum atomic E-state index is 9.37. The molecule has 0 aliphatic rings. The van der Waals surface area contributed by atoms with Gasteiger partial charge in [0, 0.05) is 6.42 Å². The van der Waals surface area contributed by atoms with Crippen molar-refractivity contribution in [2.45, 2.75) is 13.3 Å². The Hall–Kier alpha value is -0.480. The highest BCUT2D eigenvalue weighted by atomic mass is 35.5. The first-order valence-corrected chi connectivity index (χ1v) is 4.22. The molecule has 0 unspecified atom stereocenters. The molecule has 0 amide bonds. The number of oxime groups is 1. The van der Waals surface area contributed by atoms with Gasteiger partial charge in [-0.25, -0.2) is 0 Å². The van der Waals surface area contributed by atoms with Crippen LogP contribution in [0.4, 0.5) is 0 Å². The number of nitrogens with zero attached hydrogens (tertiary/aromatic N) is 1. The third kappa shape index (κ3) is 12.2. The third-order valence-electron chi connectivity index (χ3n) is 0.752. The minimum Gasteiger partial charge on any atom is -0.481 e. The second-order valence-corrected chi connectivity index (χ2v) is 2.22. The zero-order valence-electron chi connectivity index (χ0n) is 6.63. The van der Waals surface area contributed by atoms with Gasteiger partial charge in [0.05, 0.1) is 17.5 Å². The van der Waals surface area contributed by atoms with Crippen LogP contribution in [0.1, 0.15) is 13.3 Å². The lowest BCUT2D eigenvalue weighted by Crippen LogP contribution is -2.00. The Morgan fingerprint density at radius 2 is 1.75 bits per heavy atom. The van der Waals surface area contributed by atoms with Gasteiger partial charge in [-0.05, 0) is 0 Å². The maximum absolute atomic E-state index is 9.37. The zero-order chi connectivity index (χ0) is 9.98. The van der Waals surface area contributed by atoms with Crippen molar-refractivity contribution in [2.75, 3.05) is 11.8 Å². The van der Waals surface area contributed by atoms with E-state index in [-0.39, 0.29) is 18.2 Å². The summed E-state index contributed by atoms with van der Waals surface area (Å²) in [5.74, 6) is -0.356. The molecule has 0 aliphatic heterocycles. The highest BCUT2D eigenvalue weighted by Crippen LogP contribution is 1.85. The van der Waals surface area contributed by atoms with Gasteiger partial charge in [0.25, 0.3) is 0 Å².